The van der Waals surface area contributed by atoms with Crippen LogP contribution in [0.4, 0.5) is 39.5 Å². The molecule has 3 nitrogen and oxygen atoms in total. The standard InChI is InChI=1S/C34H25F9N2OS/c1-3-4-5-17-6-7-18-13-20-21(14-19(18)12-17)30(44-45-27-8-10-31(27,2)22-9-11-47-29(22)28(20)45)46-26-16-24(33(38,39)40)23(32(35,36)37)15-25(26)34(41,42)43/h6-16,19,27H,3-5H2,1-2H3. The van der Waals surface area contributed by atoms with E-state index >= 15 is 0 Å². The largest absolute Gasteiger partial charge is 0.436 e. The third-order valence-electron chi connectivity index (χ3n) is 9.15. The lowest BCUT2D eigenvalue weighted by atomic mass is 9.65. The molecule has 2 aliphatic heterocycles. The second-order valence-corrected chi connectivity index (χ2v) is 13.1. The summed E-state index contributed by atoms with van der Waals surface area (Å²) in [5, 5.41) is 8.12. The summed E-state index contributed by atoms with van der Waals surface area (Å²) in [5.74, 6) is -2.22. The number of rotatable bonds is 4. The van der Waals surface area contributed by atoms with E-state index in [1.165, 1.54) is 11.3 Å². The number of halogens is 9. The number of ether oxygens (including phenoxy) is 1. The Morgan fingerprint density at radius 2 is 1.64 bits per heavy atom. The van der Waals surface area contributed by atoms with E-state index in [1.54, 1.807) is 11.1 Å². The van der Waals surface area contributed by atoms with E-state index in [4.69, 9.17) is 4.74 Å². The summed E-state index contributed by atoms with van der Waals surface area (Å²) >= 11 is 1.45. The van der Waals surface area contributed by atoms with Gasteiger partial charge in [-0.05, 0) is 60.6 Å². The molecule has 0 saturated carbocycles. The number of fused-ring (bicyclic) bond motifs is 8. The fourth-order valence-corrected chi connectivity index (χ4v) is 7.76. The van der Waals surface area contributed by atoms with Gasteiger partial charge in [-0.3, -0.25) is 5.01 Å². The average Bonchev–Trinajstić information content (AvgIpc) is 3.46. The van der Waals surface area contributed by atoms with Gasteiger partial charge in [-0.2, -0.15) is 39.5 Å². The Bertz CT molecular complexity index is 1900. The number of alkyl halides is 9. The first-order valence-corrected chi connectivity index (χ1v) is 15.7. The monoisotopic (exact) mass is 680 g/mol. The van der Waals surface area contributed by atoms with Gasteiger partial charge >= 0.3 is 18.5 Å². The van der Waals surface area contributed by atoms with Gasteiger partial charge < -0.3 is 4.74 Å². The minimum atomic E-state index is -5.72. The SMILES string of the molecule is CCCCC1=CC2C=C3C(Oc4cc(C(F)(F)F)c(C(F)(F)F)cc4C(F)(F)F)=NN4C(=C3C=C2C=C1)c1sccc1C1(C)C=CC41. The van der Waals surface area contributed by atoms with Crippen LogP contribution in [0, 0.1) is 5.92 Å². The molecule has 1 aromatic heterocycles. The van der Waals surface area contributed by atoms with Gasteiger partial charge in [0.1, 0.15) is 5.75 Å². The van der Waals surface area contributed by atoms with E-state index in [0.29, 0.717) is 11.3 Å². The molecule has 1 aromatic carbocycles. The highest BCUT2D eigenvalue weighted by Crippen LogP contribution is 2.55. The van der Waals surface area contributed by atoms with E-state index in [1.807, 2.05) is 54.8 Å². The summed E-state index contributed by atoms with van der Waals surface area (Å²) < 4.78 is 131. The first-order valence-electron chi connectivity index (χ1n) is 14.8. The Kier molecular flexibility index (Phi) is 7.06. The molecule has 0 spiro atoms. The maximum Gasteiger partial charge on any atom is 0.420 e. The number of hydrogen-bond acceptors (Lipinski definition) is 4. The summed E-state index contributed by atoms with van der Waals surface area (Å²) in [6, 6.07) is 0.825. The van der Waals surface area contributed by atoms with Crippen molar-refractivity contribution >= 4 is 22.9 Å². The van der Waals surface area contributed by atoms with Crippen molar-refractivity contribution in [2.24, 2.45) is 11.0 Å². The second kappa shape index (κ2) is 10.5. The first kappa shape index (κ1) is 31.6. The van der Waals surface area contributed by atoms with Crippen LogP contribution in [0.15, 0.2) is 93.5 Å². The van der Waals surface area contributed by atoms with Gasteiger partial charge in [-0.1, -0.05) is 55.4 Å². The highest BCUT2D eigenvalue weighted by Gasteiger charge is 2.52. The minimum Gasteiger partial charge on any atom is -0.436 e. The van der Waals surface area contributed by atoms with E-state index in [-0.39, 0.29) is 17.6 Å². The molecule has 0 fully saturated rings. The summed E-state index contributed by atoms with van der Waals surface area (Å²) in [5.41, 5.74) is -2.86. The maximum atomic E-state index is 14.2. The Balaban J connectivity index is 1.42. The van der Waals surface area contributed by atoms with E-state index in [2.05, 4.69) is 12.0 Å². The zero-order chi connectivity index (χ0) is 33.7. The molecule has 0 N–H and O–H groups in total. The van der Waals surface area contributed by atoms with Gasteiger partial charge in [0.05, 0.1) is 33.3 Å². The second-order valence-electron chi connectivity index (χ2n) is 12.2. The molecule has 0 bridgehead atoms. The lowest BCUT2D eigenvalue weighted by Crippen LogP contribution is -2.54. The Morgan fingerprint density at radius 1 is 0.936 bits per heavy atom. The molecule has 3 atom stereocenters. The summed E-state index contributed by atoms with van der Waals surface area (Å²) in [6.45, 7) is 4.03. The lowest BCUT2D eigenvalue weighted by molar-refractivity contribution is -0.163. The van der Waals surface area contributed by atoms with Crippen molar-refractivity contribution in [1.82, 2.24) is 5.01 Å². The summed E-state index contributed by atoms with van der Waals surface area (Å²) in [6.07, 6.45) is -0.713. The molecule has 47 heavy (non-hydrogen) atoms. The van der Waals surface area contributed by atoms with Crippen LogP contribution in [-0.4, -0.2) is 16.9 Å². The number of hydrogen-bond donors (Lipinski definition) is 0. The smallest absolute Gasteiger partial charge is 0.420 e. The predicted octanol–water partition coefficient (Wildman–Crippen LogP) is 10.6. The van der Waals surface area contributed by atoms with Crippen molar-refractivity contribution in [2.75, 3.05) is 0 Å². The molecule has 0 amide bonds. The van der Waals surface area contributed by atoms with Gasteiger partial charge in [0.15, 0.2) is 0 Å². The van der Waals surface area contributed by atoms with Crippen LogP contribution >= 0.6 is 11.3 Å². The molecule has 3 unspecified atom stereocenters. The van der Waals surface area contributed by atoms with Crippen molar-refractivity contribution in [3.05, 3.63) is 116 Å². The Morgan fingerprint density at radius 3 is 2.28 bits per heavy atom. The number of benzene rings is 1. The van der Waals surface area contributed by atoms with Crippen molar-refractivity contribution in [2.45, 2.75) is 63.1 Å². The predicted molar refractivity (Wildman–Crippen MR) is 159 cm³/mol. The number of allylic oxidation sites excluding steroid dienone is 7. The number of hydrazone groups is 1. The van der Waals surface area contributed by atoms with Gasteiger partial charge in [0.25, 0.3) is 0 Å². The van der Waals surface area contributed by atoms with E-state index < -0.39 is 64.4 Å². The Hall–Kier alpha value is -4.00. The molecule has 13 heteroatoms. The zero-order valence-electron chi connectivity index (χ0n) is 24.7. The molecule has 246 valence electrons. The van der Waals surface area contributed by atoms with Gasteiger partial charge in [0, 0.05) is 22.5 Å². The summed E-state index contributed by atoms with van der Waals surface area (Å²) in [7, 11) is 0. The van der Waals surface area contributed by atoms with Crippen molar-refractivity contribution in [1.29, 1.82) is 0 Å². The van der Waals surface area contributed by atoms with E-state index in [9.17, 15) is 39.5 Å². The van der Waals surface area contributed by atoms with Crippen LogP contribution in [0.5, 0.6) is 5.75 Å². The highest BCUT2D eigenvalue weighted by atomic mass is 32.1. The third-order valence-corrected chi connectivity index (χ3v) is 10.1. The molecule has 0 radical (unpaired) electrons. The first-order chi connectivity index (χ1) is 22.0. The Labute approximate surface area is 267 Å². The van der Waals surface area contributed by atoms with Crippen LogP contribution in [0.3, 0.4) is 0 Å². The zero-order valence-corrected chi connectivity index (χ0v) is 25.6. The fraction of sp³-hybridized carbons (Fsp3) is 0.324. The number of thiophene rings is 1. The normalized spacial score (nSPS) is 24.6. The van der Waals surface area contributed by atoms with Gasteiger partial charge in [-0.15, -0.1) is 16.4 Å². The van der Waals surface area contributed by atoms with Crippen LogP contribution in [-0.2, 0) is 23.9 Å². The molecule has 2 aromatic rings. The quantitative estimate of drug-likeness (QED) is 0.237. The van der Waals surface area contributed by atoms with Crippen LogP contribution in [0.1, 0.15) is 60.2 Å². The van der Waals surface area contributed by atoms with Crippen LogP contribution < -0.4 is 4.74 Å². The van der Waals surface area contributed by atoms with Gasteiger partial charge in [-0.25, -0.2) is 0 Å². The molecule has 3 heterocycles. The topological polar surface area (TPSA) is 24.8 Å². The number of nitrogens with zero attached hydrogens (tertiary/aromatic N) is 2. The minimum absolute atomic E-state index is 0.231. The highest BCUT2D eigenvalue weighted by molar-refractivity contribution is 7.11. The average molecular weight is 681 g/mol. The molecule has 3 aliphatic carbocycles. The van der Waals surface area contributed by atoms with E-state index in [0.717, 1.165) is 40.8 Å². The molecule has 7 rings (SSSR count). The molecular formula is C34H25F9N2OS. The lowest BCUT2D eigenvalue weighted by Gasteiger charge is -2.52. The molecule has 0 saturated heterocycles. The summed E-state index contributed by atoms with van der Waals surface area (Å²) in [4.78, 5) is 0.871. The van der Waals surface area contributed by atoms with Crippen molar-refractivity contribution in [3.63, 3.8) is 0 Å². The number of unbranched alkanes of at least 4 members (excludes halogenated alkanes) is 1. The van der Waals surface area contributed by atoms with Crippen molar-refractivity contribution in [3.8, 4) is 5.75 Å². The maximum absolute atomic E-state index is 14.2. The van der Waals surface area contributed by atoms with Crippen LogP contribution in [0.25, 0.3) is 5.70 Å². The molecular weight excluding hydrogens is 655 g/mol. The fourth-order valence-electron chi connectivity index (χ4n) is 6.69. The third kappa shape index (κ3) is 5.08. The van der Waals surface area contributed by atoms with Crippen LogP contribution in [0.2, 0.25) is 0 Å². The van der Waals surface area contributed by atoms with Gasteiger partial charge in [0.2, 0.25) is 5.90 Å². The van der Waals surface area contributed by atoms with Crippen molar-refractivity contribution < 1.29 is 44.3 Å². The molecule has 5 aliphatic rings.